The Kier molecular flexibility index (Phi) is 8.20. The van der Waals surface area contributed by atoms with Crippen LogP contribution in [0.4, 0.5) is 11.4 Å². The van der Waals surface area contributed by atoms with Gasteiger partial charge in [-0.25, -0.2) is 0 Å². The number of aryl methyl sites for hydroxylation is 1. The minimum atomic E-state index is -0.0908. The van der Waals surface area contributed by atoms with Crippen molar-refractivity contribution in [1.29, 1.82) is 0 Å². The summed E-state index contributed by atoms with van der Waals surface area (Å²) in [5.41, 5.74) is 5.89. The Hall–Kier alpha value is -3.28. The SMILES string of the molecule is Cc1ccc(C(Nc2ccc3c(c2)Sc2cccc(-c4cc(N5CCOCC5)cc(=O)[nH]4)c2S3)[C@H]2CN(C)CCO2)nc1. The maximum Gasteiger partial charge on any atom is 0.250 e. The normalized spacial score (nSPS) is 19.4. The molecule has 2 aromatic heterocycles. The van der Waals surface area contributed by atoms with Crippen LogP contribution in [0.15, 0.2) is 91.2 Å². The number of benzene rings is 2. The van der Waals surface area contributed by atoms with E-state index in [9.17, 15) is 4.79 Å². The van der Waals surface area contributed by atoms with Crippen LogP contribution in [0.5, 0.6) is 0 Å². The van der Waals surface area contributed by atoms with Crippen LogP contribution >= 0.6 is 23.5 Å². The molecule has 2 saturated heterocycles. The van der Waals surface area contributed by atoms with Crippen molar-refractivity contribution in [1.82, 2.24) is 14.9 Å². The van der Waals surface area contributed by atoms with Crippen molar-refractivity contribution in [2.24, 2.45) is 0 Å². The molecule has 7 rings (SSSR count). The summed E-state index contributed by atoms with van der Waals surface area (Å²) >= 11 is 3.53. The van der Waals surface area contributed by atoms with E-state index in [1.165, 1.54) is 14.7 Å². The molecule has 3 aliphatic heterocycles. The lowest BCUT2D eigenvalue weighted by atomic mass is 10.0. The second-order valence-corrected chi connectivity index (χ2v) is 13.4. The van der Waals surface area contributed by atoms with Gasteiger partial charge in [0.2, 0.25) is 5.56 Å². The fourth-order valence-electron chi connectivity index (χ4n) is 5.79. The number of pyridine rings is 2. The zero-order valence-corrected chi connectivity index (χ0v) is 26.0. The van der Waals surface area contributed by atoms with Crippen molar-refractivity contribution in [2.45, 2.75) is 38.7 Å². The molecule has 1 unspecified atom stereocenters. The molecule has 0 saturated carbocycles. The maximum absolute atomic E-state index is 12.7. The Morgan fingerprint density at radius 3 is 2.67 bits per heavy atom. The molecule has 2 aromatic carbocycles. The third kappa shape index (κ3) is 6.21. The van der Waals surface area contributed by atoms with Crippen molar-refractivity contribution in [3.63, 3.8) is 0 Å². The summed E-state index contributed by atoms with van der Waals surface area (Å²) in [5, 5.41) is 3.77. The molecule has 222 valence electrons. The first-order chi connectivity index (χ1) is 21.0. The van der Waals surface area contributed by atoms with Crippen LogP contribution < -0.4 is 15.8 Å². The highest BCUT2D eigenvalue weighted by molar-refractivity contribution is 8.05. The topological polar surface area (TPSA) is 82.7 Å². The molecule has 0 amide bonds. The fourth-order valence-corrected chi connectivity index (χ4v) is 8.21. The minimum Gasteiger partial charge on any atom is -0.378 e. The fraction of sp³-hybridized carbons (Fsp3) is 0.333. The van der Waals surface area contributed by atoms with Crippen LogP contribution in [0.3, 0.4) is 0 Å². The van der Waals surface area contributed by atoms with Crippen molar-refractivity contribution in [3.8, 4) is 11.3 Å². The van der Waals surface area contributed by atoms with Gasteiger partial charge >= 0.3 is 0 Å². The molecular weight excluding hydrogens is 579 g/mol. The third-order valence-electron chi connectivity index (χ3n) is 8.09. The molecule has 43 heavy (non-hydrogen) atoms. The van der Waals surface area contributed by atoms with Crippen LogP contribution in [-0.2, 0) is 9.47 Å². The van der Waals surface area contributed by atoms with Crippen LogP contribution in [-0.4, -0.2) is 74.0 Å². The van der Waals surface area contributed by atoms with Crippen LogP contribution in [0.1, 0.15) is 17.3 Å². The number of anilines is 2. The van der Waals surface area contributed by atoms with E-state index in [1.807, 2.05) is 6.20 Å². The van der Waals surface area contributed by atoms with E-state index in [2.05, 4.69) is 88.7 Å². The maximum atomic E-state index is 12.7. The van der Waals surface area contributed by atoms with Crippen molar-refractivity contribution in [2.75, 3.05) is 63.3 Å². The molecule has 4 aromatic rings. The zero-order valence-electron chi connectivity index (χ0n) is 24.3. The van der Waals surface area contributed by atoms with E-state index in [4.69, 9.17) is 14.5 Å². The average molecular weight is 614 g/mol. The number of H-pyrrole nitrogens is 1. The smallest absolute Gasteiger partial charge is 0.250 e. The van der Waals surface area contributed by atoms with Crippen molar-refractivity contribution in [3.05, 3.63) is 88.5 Å². The largest absolute Gasteiger partial charge is 0.378 e. The van der Waals surface area contributed by atoms with E-state index in [1.54, 1.807) is 29.6 Å². The van der Waals surface area contributed by atoms with Gasteiger partial charge in [-0.2, -0.15) is 0 Å². The van der Waals surface area contributed by atoms with Crippen molar-refractivity contribution < 1.29 is 9.47 Å². The van der Waals surface area contributed by atoms with Gasteiger partial charge in [0.05, 0.1) is 43.4 Å². The van der Waals surface area contributed by atoms with E-state index >= 15 is 0 Å². The number of nitrogens with zero attached hydrogens (tertiary/aromatic N) is 3. The zero-order chi connectivity index (χ0) is 29.3. The number of likely N-dealkylation sites (N-methyl/N-ethyl adjacent to an activating group) is 1. The van der Waals surface area contributed by atoms with Gasteiger partial charge in [0.25, 0.3) is 0 Å². The summed E-state index contributed by atoms with van der Waals surface area (Å²) < 4.78 is 11.8. The molecular formula is C33H35N5O3S2. The molecule has 3 aliphatic rings. The molecule has 10 heteroatoms. The number of aromatic amines is 1. The van der Waals surface area contributed by atoms with E-state index in [0.29, 0.717) is 19.8 Å². The molecule has 2 atom stereocenters. The Labute approximate surface area is 260 Å². The number of aromatic nitrogens is 2. The number of nitrogens with one attached hydrogen (secondary N) is 2. The average Bonchev–Trinajstić information content (AvgIpc) is 3.03. The van der Waals surface area contributed by atoms with Crippen LogP contribution in [0.25, 0.3) is 11.3 Å². The highest BCUT2D eigenvalue weighted by Gasteiger charge is 2.30. The lowest BCUT2D eigenvalue weighted by Gasteiger charge is -2.36. The molecule has 2 N–H and O–H groups in total. The molecule has 5 heterocycles. The Balaban J connectivity index is 1.16. The summed E-state index contributed by atoms with van der Waals surface area (Å²) in [6, 6.07) is 20.8. The first-order valence-corrected chi connectivity index (χ1v) is 16.3. The van der Waals surface area contributed by atoms with Gasteiger partial charge < -0.3 is 29.6 Å². The van der Waals surface area contributed by atoms with E-state index < -0.39 is 0 Å². The molecule has 8 nitrogen and oxygen atoms in total. The predicted octanol–water partition coefficient (Wildman–Crippen LogP) is 5.68. The van der Waals surface area contributed by atoms with Gasteiger partial charge in [-0.3, -0.25) is 9.78 Å². The molecule has 0 bridgehead atoms. The van der Waals surface area contributed by atoms with Crippen LogP contribution in [0.2, 0.25) is 0 Å². The number of fused-ring (bicyclic) bond motifs is 2. The minimum absolute atomic E-state index is 0.00863. The molecule has 2 fully saturated rings. The van der Waals surface area contributed by atoms with Gasteiger partial charge in [0.15, 0.2) is 0 Å². The highest BCUT2D eigenvalue weighted by atomic mass is 32.2. The monoisotopic (exact) mass is 613 g/mol. The van der Waals surface area contributed by atoms with Gasteiger partial charge in [-0.1, -0.05) is 41.7 Å². The number of ether oxygens (including phenoxy) is 2. The third-order valence-corrected chi connectivity index (χ3v) is 10.7. The van der Waals surface area contributed by atoms with Gasteiger partial charge in [0, 0.05) is 75.0 Å². The number of morpholine rings is 2. The van der Waals surface area contributed by atoms with Gasteiger partial charge in [-0.05, 0) is 55.9 Å². The highest BCUT2D eigenvalue weighted by Crippen LogP contribution is 2.52. The second-order valence-electron chi connectivity index (χ2n) is 11.3. The first kappa shape index (κ1) is 28.5. The summed E-state index contributed by atoms with van der Waals surface area (Å²) in [5.74, 6) is 0. The Morgan fingerprint density at radius 1 is 0.977 bits per heavy atom. The number of hydrogen-bond donors (Lipinski definition) is 2. The lowest BCUT2D eigenvalue weighted by Crippen LogP contribution is -2.45. The standard InChI is InChI=1S/C33H35N5O3S2/c1-21-6-8-25(34-19-21)32(27-20-37(2)10-15-41-27)35-22-7-9-28-30(16-22)42-29-5-3-4-24(33(29)43-28)26-17-23(18-31(39)36-26)38-11-13-40-14-12-38/h3-9,16-19,27,32,35H,10-15,20H2,1-2H3,(H,36,39)/t27-,32?/m1/s1. The van der Waals surface area contributed by atoms with Crippen LogP contribution in [0, 0.1) is 6.92 Å². The summed E-state index contributed by atoms with van der Waals surface area (Å²) in [6.07, 6.45) is 1.92. The van der Waals surface area contributed by atoms with E-state index in [-0.39, 0.29) is 17.7 Å². The quantitative estimate of drug-likeness (QED) is 0.251. The van der Waals surface area contributed by atoms with E-state index in [0.717, 1.165) is 65.0 Å². The first-order valence-electron chi connectivity index (χ1n) is 14.7. The lowest BCUT2D eigenvalue weighted by molar-refractivity contribution is -0.0297. The molecule has 0 spiro atoms. The summed E-state index contributed by atoms with van der Waals surface area (Å²) in [6.45, 7) is 7.47. The second kappa shape index (κ2) is 12.4. The van der Waals surface area contributed by atoms with Gasteiger partial charge in [0.1, 0.15) is 0 Å². The summed E-state index contributed by atoms with van der Waals surface area (Å²) in [4.78, 5) is 29.9. The summed E-state index contributed by atoms with van der Waals surface area (Å²) in [7, 11) is 2.14. The molecule has 0 aliphatic carbocycles. The van der Waals surface area contributed by atoms with Gasteiger partial charge in [-0.15, -0.1) is 0 Å². The Bertz CT molecular complexity index is 1670. The predicted molar refractivity (Wildman–Crippen MR) is 173 cm³/mol. The molecule has 0 radical (unpaired) electrons. The van der Waals surface area contributed by atoms with Crippen molar-refractivity contribution >= 4 is 34.9 Å². The number of rotatable bonds is 6. The Morgan fingerprint density at radius 2 is 1.86 bits per heavy atom. The number of hydrogen-bond acceptors (Lipinski definition) is 9.